The molecule has 1 aromatic heterocycles. The van der Waals surface area contributed by atoms with Crippen LogP contribution in [0.4, 0.5) is 11.7 Å². The van der Waals surface area contributed by atoms with Gasteiger partial charge >= 0.3 is 0 Å². The summed E-state index contributed by atoms with van der Waals surface area (Å²) >= 11 is 0. The molecule has 0 saturated carbocycles. The van der Waals surface area contributed by atoms with E-state index in [1.54, 1.807) is 0 Å². The first kappa shape index (κ1) is 11.7. The number of likely N-dealkylation sites (N-methyl/N-ethyl adjacent to an activating group) is 1. The quantitative estimate of drug-likeness (QED) is 0.772. The van der Waals surface area contributed by atoms with Crippen LogP contribution in [0.15, 0.2) is 22.6 Å². The summed E-state index contributed by atoms with van der Waals surface area (Å²) in [7, 11) is 2.08. The van der Waals surface area contributed by atoms with E-state index in [1.165, 1.54) is 0 Å². The Morgan fingerprint density at radius 2 is 2.29 bits per heavy atom. The minimum absolute atomic E-state index is 0.530. The zero-order valence-corrected chi connectivity index (χ0v) is 10.2. The van der Waals surface area contributed by atoms with Crippen LogP contribution in [0.1, 0.15) is 6.92 Å². The Morgan fingerprint density at radius 1 is 1.47 bits per heavy atom. The average molecular weight is 234 g/mol. The van der Waals surface area contributed by atoms with Gasteiger partial charge in [-0.2, -0.15) is 4.98 Å². The van der Waals surface area contributed by atoms with Crippen LogP contribution in [0.2, 0.25) is 0 Å². The van der Waals surface area contributed by atoms with Crippen molar-refractivity contribution in [2.75, 3.05) is 37.7 Å². The first-order chi connectivity index (χ1) is 8.20. The van der Waals surface area contributed by atoms with Gasteiger partial charge in [0.15, 0.2) is 5.58 Å². The van der Waals surface area contributed by atoms with Crippen molar-refractivity contribution in [1.82, 2.24) is 9.88 Å². The van der Waals surface area contributed by atoms with Gasteiger partial charge in [0.05, 0.1) is 5.69 Å². The van der Waals surface area contributed by atoms with Gasteiger partial charge in [0.1, 0.15) is 5.52 Å². The molecule has 0 aliphatic rings. The molecule has 92 valence electrons. The van der Waals surface area contributed by atoms with Gasteiger partial charge in [-0.15, -0.1) is 0 Å². The van der Waals surface area contributed by atoms with E-state index in [4.69, 9.17) is 10.2 Å². The third-order valence-corrected chi connectivity index (χ3v) is 2.76. The molecule has 2 aromatic rings. The number of nitrogens with two attached hydrogens (primary N) is 1. The summed E-state index contributed by atoms with van der Waals surface area (Å²) in [5, 5.41) is 3.15. The molecule has 0 saturated heterocycles. The van der Waals surface area contributed by atoms with Crippen LogP contribution < -0.4 is 11.1 Å². The molecule has 3 N–H and O–H groups in total. The second kappa shape index (κ2) is 5.05. The van der Waals surface area contributed by atoms with Crippen molar-refractivity contribution in [3.8, 4) is 0 Å². The molecule has 0 atom stereocenters. The predicted octanol–water partition coefficient (Wildman–Crippen LogP) is 1.77. The number of rotatable bonds is 5. The Labute approximate surface area is 101 Å². The number of nitrogens with one attached hydrogen (secondary N) is 1. The molecule has 2 rings (SSSR count). The molecule has 1 heterocycles. The summed E-state index contributed by atoms with van der Waals surface area (Å²) < 4.78 is 5.54. The number of nitrogen functional groups attached to an aromatic ring is 1. The molecule has 0 aliphatic heterocycles. The fourth-order valence-electron chi connectivity index (χ4n) is 1.56. The van der Waals surface area contributed by atoms with Crippen LogP contribution in [-0.2, 0) is 0 Å². The minimum atomic E-state index is 0.530. The van der Waals surface area contributed by atoms with Crippen molar-refractivity contribution in [2.45, 2.75) is 6.92 Å². The summed E-state index contributed by atoms with van der Waals surface area (Å²) in [6, 6.07) is 6.07. The van der Waals surface area contributed by atoms with Crippen molar-refractivity contribution in [2.24, 2.45) is 0 Å². The van der Waals surface area contributed by atoms with Gasteiger partial charge in [-0.05, 0) is 25.7 Å². The summed E-state index contributed by atoms with van der Waals surface area (Å²) in [6.07, 6.45) is 0. The van der Waals surface area contributed by atoms with E-state index in [2.05, 4.69) is 29.2 Å². The van der Waals surface area contributed by atoms with Crippen molar-refractivity contribution in [1.29, 1.82) is 0 Å². The van der Waals surface area contributed by atoms with E-state index in [0.717, 1.165) is 30.7 Å². The Kier molecular flexibility index (Phi) is 3.49. The molecule has 1 aromatic carbocycles. The molecule has 0 radical (unpaired) electrons. The Morgan fingerprint density at radius 3 is 3.00 bits per heavy atom. The van der Waals surface area contributed by atoms with Crippen LogP contribution in [0.25, 0.3) is 11.1 Å². The predicted molar refractivity (Wildman–Crippen MR) is 70.1 cm³/mol. The summed E-state index contributed by atoms with van der Waals surface area (Å²) in [4.78, 5) is 6.53. The van der Waals surface area contributed by atoms with Gasteiger partial charge in [-0.3, -0.25) is 0 Å². The van der Waals surface area contributed by atoms with E-state index >= 15 is 0 Å². The lowest BCUT2D eigenvalue weighted by atomic mass is 10.3. The number of anilines is 2. The van der Waals surface area contributed by atoms with E-state index in [-0.39, 0.29) is 0 Å². The van der Waals surface area contributed by atoms with Crippen LogP contribution in [-0.4, -0.2) is 36.6 Å². The zero-order chi connectivity index (χ0) is 12.3. The van der Waals surface area contributed by atoms with Crippen LogP contribution in [0.3, 0.4) is 0 Å². The molecule has 5 nitrogen and oxygen atoms in total. The largest absolute Gasteiger partial charge is 0.423 e. The maximum absolute atomic E-state index is 5.81. The van der Waals surface area contributed by atoms with Crippen molar-refractivity contribution >= 4 is 22.8 Å². The highest BCUT2D eigenvalue weighted by molar-refractivity contribution is 5.86. The lowest BCUT2D eigenvalue weighted by Gasteiger charge is -2.12. The first-order valence-corrected chi connectivity index (χ1v) is 5.78. The summed E-state index contributed by atoms with van der Waals surface area (Å²) in [5.74, 6) is 0. The molecule has 0 unspecified atom stereocenters. The van der Waals surface area contributed by atoms with E-state index in [1.807, 2.05) is 18.2 Å². The Hall–Kier alpha value is -1.75. The number of benzene rings is 1. The van der Waals surface area contributed by atoms with E-state index < -0.39 is 0 Å². The average Bonchev–Trinajstić information content (AvgIpc) is 2.73. The van der Waals surface area contributed by atoms with Gasteiger partial charge in [-0.25, -0.2) is 0 Å². The highest BCUT2D eigenvalue weighted by atomic mass is 16.4. The standard InChI is InChI=1S/C12H18N4O/c1-3-16(2)8-7-14-12-15-11-9(13)5-4-6-10(11)17-12/h4-6H,3,7-8,13H2,1-2H3,(H,14,15). The number of nitrogens with zero attached hydrogens (tertiary/aromatic N) is 2. The van der Waals surface area contributed by atoms with Crippen LogP contribution >= 0.6 is 0 Å². The van der Waals surface area contributed by atoms with E-state index in [0.29, 0.717) is 11.7 Å². The first-order valence-electron chi connectivity index (χ1n) is 5.78. The second-order valence-electron chi connectivity index (χ2n) is 4.04. The topological polar surface area (TPSA) is 67.3 Å². The number of oxazole rings is 1. The normalized spacial score (nSPS) is 11.2. The fourth-order valence-corrected chi connectivity index (χ4v) is 1.56. The van der Waals surface area contributed by atoms with Gasteiger partial charge in [0, 0.05) is 13.1 Å². The molecule has 5 heteroatoms. The van der Waals surface area contributed by atoms with Crippen LogP contribution in [0, 0.1) is 0 Å². The van der Waals surface area contributed by atoms with Crippen molar-refractivity contribution in [3.63, 3.8) is 0 Å². The lowest BCUT2D eigenvalue weighted by molar-refractivity contribution is 0.366. The van der Waals surface area contributed by atoms with Gasteiger partial charge in [0.2, 0.25) is 0 Å². The number of hydrogen-bond acceptors (Lipinski definition) is 5. The Bertz CT molecular complexity index is 494. The van der Waals surface area contributed by atoms with Gasteiger partial charge < -0.3 is 20.4 Å². The third-order valence-electron chi connectivity index (χ3n) is 2.76. The third kappa shape index (κ3) is 2.68. The highest BCUT2D eigenvalue weighted by Gasteiger charge is 2.07. The molecule has 0 spiro atoms. The molecule has 0 aliphatic carbocycles. The number of fused-ring (bicyclic) bond motifs is 1. The molecule has 17 heavy (non-hydrogen) atoms. The zero-order valence-electron chi connectivity index (χ0n) is 10.2. The molecule has 0 fully saturated rings. The Balaban J connectivity index is 2.02. The number of aromatic nitrogens is 1. The number of hydrogen-bond donors (Lipinski definition) is 2. The SMILES string of the molecule is CCN(C)CCNc1nc2c(N)cccc2o1. The van der Waals surface area contributed by atoms with Gasteiger partial charge in [0.25, 0.3) is 6.01 Å². The van der Waals surface area contributed by atoms with Crippen molar-refractivity contribution in [3.05, 3.63) is 18.2 Å². The van der Waals surface area contributed by atoms with Crippen molar-refractivity contribution < 1.29 is 4.42 Å². The monoisotopic (exact) mass is 234 g/mol. The fraction of sp³-hybridized carbons (Fsp3) is 0.417. The molecular formula is C12H18N4O. The molecule has 0 amide bonds. The highest BCUT2D eigenvalue weighted by Crippen LogP contribution is 2.23. The maximum atomic E-state index is 5.81. The smallest absolute Gasteiger partial charge is 0.295 e. The number of para-hydroxylation sites is 1. The molecule has 0 bridgehead atoms. The minimum Gasteiger partial charge on any atom is -0.423 e. The van der Waals surface area contributed by atoms with Crippen LogP contribution in [0.5, 0.6) is 0 Å². The lowest BCUT2D eigenvalue weighted by Crippen LogP contribution is -2.24. The van der Waals surface area contributed by atoms with E-state index in [9.17, 15) is 0 Å². The second-order valence-corrected chi connectivity index (χ2v) is 4.04. The summed E-state index contributed by atoms with van der Waals surface area (Å²) in [6.45, 7) is 4.91. The van der Waals surface area contributed by atoms with Gasteiger partial charge in [-0.1, -0.05) is 13.0 Å². The summed E-state index contributed by atoms with van der Waals surface area (Å²) in [5.41, 5.74) is 7.89. The maximum Gasteiger partial charge on any atom is 0.295 e. The molecular weight excluding hydrogens is 216 g/mol.